The smallest absolute Gasteiger partial charge is 0.258 e. The van der Waals surface area contributed by atoms with Gasteiger partial charge in [0.25, 0.3) is 11.8 Å². The van der Waals surface area contributed by atoms with E-state index < -0.39 is 28.4 Å². The van der Waals surface area contributed by atoms with Gasteiger partial charge in [0.2, 0.25) is 17.8 Å². The number of thioether (sulfide) groups is 1. The van der Waals surface area contributed by atoms with Gasteiger partial charge in [0.15, 0.2) is 5.67 Å². The number of thiazole rings is 1. The lowest BCUT2D eigenvalue weighted by molar-refractivity contribution is -0.143. The van der Waals surface area contributed by atoms with Crippen molar-refractivity contribution in [1.29, 1.82) is 0 Å². The Morgan fingerprint density at radius 2 is 1.83 bits per heavy atom. The Morgan fingerprint density at radius 3 is 2.53 bits per heavy atom. The number of carbonyl (C=O) groups excluding carboxylic acids is 4. The van der Waals surface area contributed by atoms with Crippen molar-refractivity contribution in [3.8, 4) is 16.2 Å². The molecule has 2 unspecified atom stereocenters. The number of ether oxygens (including phenoxy) is 1. The first-order valence-corrected chi connectivity index (χ1v) is 24.7. The van der Waals surface area contributed by atoms with Gasteiger partial charge in [0.05, 0.1) is 35.1 Å². The Hall–Kier alpha value is -5.04. The number of alkyl halides is 1. The van der Waals surface area contributed by atoms with Gasteiger partial charge in [-0.1, -0.05) is 49.2 Å². The van der Waals surface area contributed by atoms with Crippen LogP contribution in [0.2, 0.25) is 5.02 Å². The second-order valence-electron chi connectivity index (χ2n) is 17.4. The highest BCUT2D eigenvalue weighted by molar-refractivity contribution is 8.00. The summed E-state index contributed by atoms with van der Waals surface area (Å²) in [6.45, 7) is 10.5. The first-order valence-electron chi connectivity index (χ1n) is 22.5. The average molecular weight is 966 g/mol. The number of aromatic nitrogens is 3. The van der Waals surface area contributed by atoms with Gasteiger partial charge in [-0.25, -0.2) is 14.4 Å². The van der Waals surface area contributed by atoms with Crippen LogP contribution in [0.5, 0.6) is 5.75 Å². The van der Waals surface area contributed by atoms with E-state index in [1.807, 2.05) is 50.5 Å². The van der Waals surface area contributed by atoms with Gasteiger partial charge in [0.1, 0.15) is 28.7 Å². The van der Waals surface area contributed by atoms with Gasteiger partial charge in [-0.15, -0.1) is 11.3 Å². The molecule has 356 valence electrons. The van der Waals surface area contributed by atoms with Crippen molar-refractivity contribution < 1.29 is 28.3 Å². The monoisotopic (exact) mass is 964 g/mol. The molecule has 0 bridgehead atoms. The van der Waals surface area contributed by atoms with Crippen LogP contribution >= 0.6 is 34.7 Å². The number of unbranched alkanes of at least 4 members (excludes halogenated alkanes) is 1. The second-order valence-corrected chi connectivity index (χ2v) is 20.4. The van der Waals surface area contributed by atoms with E-state index in [1.165, 1.54) is 13.3 Å². The van der Waals surface area contributed by atoms with E-state index in [0.717, 1.165) is 53.3 Å². The molecule has 1 aliphatic heterocycles. The topological polar surface area (TPSA) is 192 Å². The summed E-state index contributed by atoms with van der Waals surface area (Å²) < 4.78 is 19.8. The van der Waals surface area contributed by atoms with Gasteiger partial charge < -0.3 is 41.5 Å². The molecular formula is C47H62ClFN10O5S2. The number of amides is 4. The predicted octanol–water partition coefficient (Wildman–Crippen LogP) is 7.29. The van der Waals surface area contributed by atoms with E-state index in [4.69, 9.17) is 16.3 Å². The molecule has 6 rings (SSSR count). The third-order valence-corrected chi connectivity index (χ3v) is 14.9. The van der Waals surface area contributed by atoms with Crippen LogP contribution in [-0.2, 0) is 20.9 Å². The average Bonchev–Trinajstić information content (AvgIpc) is 3.64. The molecule has 3 atom stereocenters. The standard InChI is InChI=1S/C47H62ClFN10O5S2/c1-29(10-7-8-20-51-21-22-52-41(60)33-16-17-35(37(24-33)64-6)56-45-54-26-34(48)40(50-5)58-45)27-66-46(3,4)39(57-44(63)47(49)18-19-47)43(62)59-23-9-11-36(59)42(61)53-25-31-12-14-32(15-13-31)38-30(2)55-28-65-38/h12-17,24,26,28-29,36,39,51H,7-11,18-23,25,27H2,1-6H3,(H,52,60)(H,53,61)(H,57,63)(H2,50,54,56,58)/t29?,36?,39-/m1/s1. The highest BCUT2D eigenvalue weighted by atomic mass is 35.5. The molecule has 15 nitrogen and oxygen atoms in total. The summed E-state index contributed by atoms with van der Waals surface area (Å²) in [5.41, 5.74) is 3.89. The van der Waals surface area contributed by atoms with E-state index in [1.54, 1.807) is 53.2 Å². The molecule has 3 heterocycles. The maximum absolute atomic E-state index is 15.0. The van der Waals surface area contributed by atoms with Crippen LogP contribution in [0.1, 0.15) is 87.3 Å². The zero-order valence-corrected chi connectivity index (χ0v) is 40.9. The second kappa shape index (κ2) is 23.1. The van der Waals surface area contributed by atoms with Gasteiger partial charge in [-0.05, 0) is 107 Å². The lowest BCUT2D eigenvalue weighted by Gasteiger charge is -2.38. The molecule has 66 heavy (non-hydrogen) atoms. The molecule has 4 aromatic rings. The minimum atomic E-state index is -1.95. The van der Waals surface area contributed by atoms with Crippen LogP contribution in [0.4, 0.5) is 21.8 Å². The highest BCUT2D eigenvalue weighted by Gasteiger charge is 2.53. The number of hydrogen-bond donors (Lipinski definition) is 6. The maximum Gasteiger partial charge on any atom is 0.258 e. The Bertz CT molecular complexity index is 2310. The Kier molecular flexibility index (Phi) is 17.6. The highest BCUT2D eigenvalue weighted by Crippen LogP contribution is 2.41. The number of benzene rings is 2. The molecular weight excluding hydrogens is 903 g/mol. The van der Waals surface area contributed by atoms with Crippen molar-refractivity contribution in [1.82, 2.24) is 41.1 Å². The molecule has 0 radical (unpaired) electrons. The van der Waals surface area contributed by atoms with E-state index in [9.17, 15) is 19.2 Å². The fourth-order valence-electron chi connectivity index (χ4n) is 7.68. The number of nitrogens with one attached hydrogen (secondary N) is 6. The molecule has 2 aromatic carbocycles. The third kappa shape index (κ3) is 13.3. The summed E-state index contributed by atoms with van der Waals surface area (Å²) in [7, 11) is 3.24. The largest absolute Gasteiger partial charge is 0.495 e. The number of halogens is 2. The number of nitrogens with zero attached hydrogens (tertiary/aromatic N) is 4. The Labute approximate surface area is 400 Å². The fourth-order valence-corrected chi connectivity index (χ4v) is 9.88. The van der Waals surface area contributed by atoms with Gasteiger partial charge in [0, 0.05) is 43.5 Å². The van der Waals surface area contributed by atoms with Crippen molar-refractivity contribution in [3.63, 3.8) is 0 Å². The van der Waals surface area contributed by atoms with Crippen molar-refractivity contribution in [2.45, 2.75) is 102 Å². The summed E-state index contributed by atoms with van der Waals surface area (Å²) in [6.07, 6.45) is 5.79. The SMILES string of the molecule is CNc1nc(Nc2ccc(C(=O)NCCNCCCCC(C)CSC(C)(C)[C@H](NC(=O)C3(F)CC3)C(=O)N3CCCC3C(=O)NCc3ccc(-c4scnc4C)cc3)cc2OC)ncc1Cl. The molecule has 6 N–H and O–H groups in total. The molecule has 19 heteroatoms. The number of rotatable bonds is 24. The summed E-state index contributed by atoms with van der Waals surface area (Å²) in [5, 5.41) is 18.5. The van der Waals surface area contributed by atoms with Gasteiger partial charge in [-0.3, -0.25) is 19.2 Å². The number of likely N-dealkylation sites (tertiary alicyclic amines) is 1. The molecule has 1 saturated heterocycles. The Morgan fingerprint density at radius 1 is 1.06 bits per heavy atom. The number of aryl methyl sites for hydroxylation is 1. The summed E-state index contributed by atoms with van der Waals surface area (Å²) in [5.74, 6) is 0.705. The summed E-state index contributed by atoms with van der Waals surface area (Å²) in [4.78, 5) is 69.5. The first kappa shape index (κ1) is 50.4. The molecule has 2 fully saturated rings. The van der Waals surface area contributed by atoms with Crippen molar-refractivity contribution in [3.05, 3.63) is 76.0 Å². The van der Waals surface area contributed by atoms with Crippen molar-refractivity contribution in [2.24, 2.45) is 5.92 Å². The number of anilines is 3. The molecule has 1 aliphatic carbocycles. The van der Waals surface area contributed by atoms with Crippen LogP contribution in [-0.4, -0.2) is 112 Å². The van der Waals surface area contributed by atoms with E-state index in [-0.39, 0.29) is 30.6 Å². The fraction of sp³-hybridized carbons (Fsp3) is 0.511. The Balaban J connectivity index is 0.917. The molecule has 0 spiro atoms. The predicted molar refractivity (Wildman–Crippen MR) is 261 cm³/mol. The van der Waals surface area contributed by atoms with Crippen LogP contribution in [0.15, 0.2) is 54.2 Å². The van der Waals surface area contributed by atoms with E-state index in [0.29, 0.717) is 78.7 Å². The number of hydrogen-bond acceptors (Lipinski definition) is 13. The summed E-state index contributed by atoms with van der Waals surface area (Å²) >= 11 is 9.27. The normalized spacial score (nSPS) is 16.2. The molecule has 4 amide bonds. The van der Waals surface area contributed by atoms with Crippen LogP contribution < -0.4 is 36.6 Å². The minimum Gasteiger partial charge on any atom is -0.495 e. The molecule has 2 aliphatic rings. The van der Waals surface area contributed by atoms with Gasteiger partial charge in [-0.2, -0.15) is 16.7 Å². The van der Waals surface area contributed by atoms with Gasteiger partial charge >= 0.3 is 0 Å². The third-order valence-electron chi connectivity index (χ3n) is 11.9. The molecule has 2 aromatic heterocycles. The lowest BCUT2D eigenvalue weighted by Crippen LogP contribution is -2.61. The quantitative estimate of drug-likeness (QED) is 0.0385. The molecule has 1 saturated carbocycles. The number of methoxy groups -OCH3 is 1. The first-order chi connectivity index (χ1) is 31.6. The van der Waals surface area contributed by atoms with E-state index in [2.05, 4.69) is 53.8 Å². The number of carbonyl (C=O) groups is 4. The van der Waals surface area contributed by atoms with Crippen LogP contribution in [0.25, 0.3) is 10.4 Å². The minimum absolute atomic E-state index is 0.137. The zero-order chi connectivity index (χ0) is 47.4. The van der Waals surface area contributed by atoms with Crippen molar-refractivity contribution in [2.75, 3.05) is 56.7 Å². The maximum atomic E-state index is 15.0. The van der Waals surface area contributed by atoms with Crippen molar-refractivity contribution >= 4 is 75.8 Å². The zero-order valence-electron chi connectivity index (χ0n) is 38.5. The van der Waals surface area contributed by atoms with Crippen LogP contribution in [0.3, 0.4) is 0 Å². The lowest BCUT2D eigenvalue weighted by atomic mass is 10.00. The van der Waals surface area contributed by atoms with Crippen LogP contribution in [0, 0.1) is 12.8 Å². The summed E-state index contributed by atoms with van der Waals surface area (Å²) in [6, 6.07) is 11.4. The van der Waals surface area contributed by atoms with E-state index >= 15 is 4.39 Å².